The van der Waals surface area contributed by atoms with Gasteiger partial charge < -0.3 is 24.2 Å². The van der Waals surface area contributed by atoms with E-state index in [1.807, 2.05) is 44.2 Å². The zero-order valence-electron chi connectivity index (χ0n) is 19.0. The maximum Gasteiger partial charge on any atom is 0.295 e. The molecule has 2 aliphatic rings. The second-order valence-electron chi connectivity index (χ2n) is 8.02. The highest BCUT2D eigenvalue weighted by molar-refractivity contribution is 6.46. The number of ether oxygens (including phenoxy) is 3. The molecule has 2 aliphatic heterocycles. The van der Waals surface area contributed by atoms with Crippen molar-refractivity contribution in [2.45, 2.75) is 38.8 Å². The zero-order chi connectivity index (χ0) is 23.4. The highest BCUT2D eigenvalue weighted by Crippen LogP contribution is 2.42. The molecule has 2 unspecified atom stereocenters. The monoisotopic (exact) mass is 451 g/mol. The van der Waals surface area contributed by atoms with Gasteiger partial charge in [0.2, 0.25) is 0 Å². The van der Waals surface area contributed by atoms with Gasteiger partial charge in [0.25, 0.3) is 11.7 Å². The van der Waals surface area contributed by atoms with Gasteiger partial charge in [0.1, 0.15) is 17.3 Å². The molecular weight excluding hydrogens is 422 g/mol. The highest BCUT2D eigenvalue weighted by Gasteiger charge is 2.47. The molecule has 33 heavy (non-hydrogen) atoms. The van der Waals surface area contributed by atoms with Crippen LogP contribution in [0.4, 0.5) is 0 Å². The number of hydrogen-bond donors (Lipinski definition) is 1. The molecule has 2 heterocycles. The number of benzene rings is 2. The number of amides is 1. The van der Waals surface area contributed by atoms with Crippen LogP contribution in [0, 0.1) is 0 Å². The van der Waals surface area contributed by atoms with Crippen LogP contribution in [0.5, 0.6) is 11.5 Å². The minimum Gasteiger partial charge on any atom is -0.507 e. The first-order valence-corrected chi connectivity index (χ1v) is 11.4. The molecule has 7 nitrogen and oxygen atoms in total. The largest absolute Gasteiger partial charge is 0.507 e. The molecule has 0 spiro atoms. The first-order chi connectivity index (χ1) is 16.0. The second-order valence-corrected chi connectivity index (χ2v) is 8.02. The van der Waals surface area contributed by atoms with Gasteiger partial charge in [0.15, 0.2) is 0 Å². The van der Waals surface area contributed by atoms with Gasteiger partial charge in [-0.1, -0.05) is 30.3 Å². The first kappa shape index (κ1) is 22.9. The Labute approximate surface area is 193 Å². The van der Waals surface area contributed by atoms with Crippen molar-refractivity contribution in [3.8, 4) is 11.5 Å². The fraction of sp³-hybridized carbons (Fsp3) is 0.385. The van der Waals surface area contributed by atoms with Gasteiger partial charge in [-0.2, -0.15) is 0 Å². The number of carbonyl (C=O) groups is 2. The normalized spacial score (nSPS) is 22.1. The summed E-state index contributed by atoms with van der Waals surface area (Å²) in [5.41, 5.74) is 1.14. The van der Waals surface area contributed by atoms with E-state index in [4.69, 9.17) is 14.2 Å². The van der Waals surface area contributed by atoms with Gasteiger partial charge in [0, 0.05) is 19.2 Å². The number of ketones is 1. The number of hydrogen-bond acceptors (Lipinski definition) is 6. The summed E-state index contributed by atoms with van der Waals surface area (Å²) in [6.45, 7) is 5.51. The van der Waals surface area contributed by atoms with Gasteiger partial charge in [-0.3, -0.25) is 9.59 Å². The van der Waals surface area contributed by atoms with Gasteiger partial charge in [-0.25, -0.2) is 0 Å². The van der Waals surface area contributed by atoms with Crippen LogP contribution in [0.1, 0.15) is 43.9 Å². The van der Waals surface area contributed by atoms with Crippen LogP contribution in [-0.2, 0) is 14.3 Å². The van der Waals surface area contributed by atoms with Crippen molar-refractivity contribution in [2.75, 3.05) is 26.4 Å². The van der Waals surface area contributed by atoms with Crippen LogP contribution >= 0.6 is 0 Å². The Bertz CT molecular complexity index is 1040. The molecule has 2 fully saturated rings. The van der Waals surface area contributed by atoms with E-state index in [2.05, 4.69) is 0 Å². The summed E-state index contributed by atoms with van der Waals surface area (Å²) in [6, 6.07) is 13.6. The van der Waals surface area contributed by atoms with E-state index < -0.39 is 17.7 Å². The van der Waals surface area contributed by atoms with E-state index in [1.165, 1.54) is 4.90 Å². The molecule has 174 valence electrons. The van der Waals surface area contributed by atoms with Crippen molar-refractivity contribution in [1.29, 1.82) is 0 Å². The highest BCUT2D eigenvalue weighted by atomic mass is 16.5. The molecular formula is C26H29NO6. The van der Waals surface area contributed by atoms with E-state index >= 15 is 0 Å². The Balaban J connectivity index is 1.82. The number of likely N-dealkylation sites (tertiary alicyclic amines) is 1. The quantitative estimate of drug-likeness (QED) is 0.370. The summed E-state index contributed by atoms with van der Waals surface area (Å²) in [5, 5.41) is 11.4. The fourth-order valence-corrected chi connectivity index (χ4v) is 4.43. The molecule has 2 saturated heterocycles. The summed E-state index contributed by atoms with van der Waals surface area (Å²) in [4.78, 5) is 27.8. The van der Waals surface area contributed by atoms with Crippen molar-refractivity contribution in [3.05, 3.63) is 65.2 Å². The van der Waals surface area contributed by atoms with E-state index in [0.717, 1.165) is 18.4 Å². The standard InChI is InChI=1S/C26H29NO6/c1-3-31-18-12-13-20(21(15-18)32-4-2)24(28)22-23(17-9-6-5-7-10-17)27(26(30)25(22)29)16-19-11-8-14-33-19/h5-7,9-10,12-13,15,19,23,28H,3-4,8,11,14,16H2,1-2H3/b24-22-. The van der Waals surface area contributed by atoms with Crippen molar-refractivity contribution < 1.29 is 28.9 Å². The third kappa shape index (κ3) is 4.59. The second kappa shape index (κ2) is 10.1. The number of aliphatic hydroxyl groups is 1. The maximum absolute atomic E-state index is 13.2. The van der Waals surface area contributed by atoms with Crippen molar-refractivity contribution >= 4 is 17.4 Å². The van der Waals surface area contributed by atoms with Crippen LogP contribution in [0.3, 0.4) is 0 Å². The lowest BCUT2D eigenvalue weighted by atomic mass is 9.95. The van der Waals surface area contributed by atoms with Crippen LogP contribution < -0.4 is 9.47 Å². The van der Waals surface area contributed by atoms with Gasteiger partial charge in [0.05, 0.1) is 36.5 Å². The number of Topliss-reactive ketones (excluding diaryl/α,β-unsaturated/α-hetero) is 1. The minimum absolute atomic E-state index is 0.0503. The van der Waals surface area contributed by atoms with Crippen LogP contribution in [-0.4, -0.2) is 54.2 Å². The molecule has 4 rings (SSSR count). The lowest BCUT2D eigenvalue weighted by Gasteiger charge is -2.27. The minimum atomic E-state index is -0.712. The van der Waals surface area contributed by atoms with Crippen LogP contribution in [0.2, 0.25) is 0 Å². The Hall–Kier alpha value is -3.32. The molecule has 1 amide bonds. The van der Waals surface area contributed by atoms with Crippen molar-refractivity contribution in [2.24, 2.45) is 0 Å². The van der Waals surface area contributed by atoms with Gasteiger partial charge >= 0.3 is 0 Å². The number of aliphatic hydroxyl groups excluding tert-OH is 1. The van der Waals surface area contributed by atoms with E-state index in [-0.39, 0.29) is 17.4 Å². The average molecular weight is 452 g/mol. The Morgan fingerprint density at radius 1 is 1.09 bits per heavy atom. The molecule has 1 N–H and O–H groups in total. The Morgan fingerprint density at radius 2 is 1.85 bits per heavy atom. The average Bonchev–Trinajstić information content (AvgIpc) is 3.42. The lowest BCUT2D eigenvalue weighted by molar-refractivity contribution is -0.140. The van der Waals surface area contributed by atoms with Gasteiger partial charge in [-0.15, -0.1) is 0 Å². The van der Waals surface area contributed by atoms with E-state index in [0.29, 0.717) is 43.4 Å². The van der Waals surface area contributed by atoms with Crippen LogP contribution in [0.25, 0.3) is 5.76 Å². The predicted octanol–water partition coefficient (Wildman–Crippen LogP) is 4.08. The topological polar surface area (TPSA) is 85.3 Å². The van der Waals surface area contributed by atoms with Crippen LogP contribution in [0.15, 0.2) is 54.1 Å². The molecule has 7 heteroatoms. The lowest BCUT2D eigenvalue weighted by Crippen LogP contribution is -2.36. The molecule has 2 aromatic rings. The maximum atomic E-state index is 13.2. The third-order valence-electron chi connectivity index (χ3n) is 5.90. The molecule has 0 aliphatic carbocycles. The Kier molecular flexibility index (Phi) is 6.99. The molecule has 2 aromatic carbocycles. The number of nitrogens with zero attached hydrogens (tertiary/aromatic N) is 1. The van der Waals surface area contributed by atoms with E-state index in [1.54, 1.807) is 18.2 Å². The summed E-state index contributed by atoms with van der Waals surface area (Å²) in [5.74, 6) is -0.627. The zero-order valence-corrected chi connectivity index (χ0v) is 19.0. The van der Waals surface area contributed by atoms with Crippen molar-refractivity contribution in [3.63, 3.8) is 0 Å². The van der Waals surface area contributed by atoms with E-state index in [9.17, 15) is 14.7 Å². The molecule has 0 radical (unpaired) electrons. The summed E-state index contributed by atoms with van der Waals surface area (Å²) < 4.78 is 17.0. The first-order valence-electron chi connectivity index (χ1n) is 11.4. The van der Waals surface area contributed by atoms with Gasteiger partial charge in [-0.05, 0) is 44.4 Å². The Morgan fingerprint density at radius 3 is 2.52 bits per heavy atom. The molecule has 0 aromatic heterocycles. The summed E-state index contributed by atoms with van der Waals surface area (Å²) >= 11 is 0. The molecule has 0 bridgehead atoms. The third-order valence-corrected chi connectivity index (χ3v) is 5.90. The number of rotatable bonds is 8. The summed E-state index contributed by atoms with van der Waals surface area (Å²) in [6.07, 6.45) is 1.63. The number of carbonyl (C=O) groups excluding carboxylic acids is 2. The molecule has 2 atom stereocenters. The molecule has 0 saturated carbocycles. The fourth-order valence-electron chi connectivity index (χ4n) is 4.43. The SMILES string of the molecule is CCOc1ccc(/C(O)=C2/C(=O)C(=O)N(CC3CCCO3)C2c2ccccc2)c(OCC)c1. The smallest absolute Gasteiger partial charge is 0.295 e. The summed E-state index contributed by atoms with van der Waals surface area (Å²) in [7, 11) is 0. The van der Waals surface area contributed by atoms with Crippen molar-refractivity contribution in [1.82, 2.24) is 4.90 Å². The predicted molar refractivity (Wildman–Crippen MR) is 123 cm³/mol.